The van der Waals surface area contributed by atoms with Crippen LogP contribution >= 0.6 is 11.6 Å². The Morgan fingerprint density at radius 1 is 1.33 bits per heavy atom. The number of allylic oxidation sites excluding steroid dienone is 5. The van der Waals surface area contributed by atoms with E-state index in [2.05, 4.69) is 5.32 Å². The zero-order chi connectivity index (χ0) is 14.5. The van der Waals surface area contributed by atoms with Crippen LogP contribution in [-0.4, -0.2) is 6.04 Å². The fourth-order valence-corrected chi connectivity index (χ4v) is 2.02. The van der Waals surface area contributed by atoms with Crippen molar-refractivity contribution < 1.29 is 4.39 Å². The molecule has 0 amide bonds. The highest BCUT2D eigenvalue weighted by Crippen LogP contribution is 2.36. The Morgan fingerprint density at radius 2 is 1.83 bits per heavy atom. The van der Waals surface area contributed by atoms with Crippen LogP contribution in [0.4, 0.5) is 4.39 Å². The van der Waals surface area contributed by atoms with Gasteiger partial charge in [-0.25, -0.2) is 4.39 Å². The van der Waals surface area contributed by atoms with Crippen molar-refractivity contribution in [3.8, 4) is 0 Å². The van der Waals surface area contributed by atoms with Gasteiger partial charge < -0.3 is 11.1 Å². The van der Waals surface area contributed by atoms with Crippen LogP contribution in [0.3, 0.4) is 0 Å². The molecule has 0 atom stereocenters. The summed E-state index contributed by atoms with van der Waals surface area (Å²) in [6, 6.07) is 0.0671. The van der Waals surface area contributed by atoms with E-state index in [-0.39, 0.29) is 11.9 Å². The topological polar surface area (TPSA) is 38.0 Å². The van der Waals surface area contributed by atoms with E-state index in [0.717, 1.165) is 0 Å². The molecular formula is C14H24ClFN2. The molecule has 0 saturated heterocycles. The fourth-order valence-electron chi connectivity index (χ4n) is 1.53. The van der Waals surface area contributed by atoms with E-state index >= 15 is 0 Å². The van der Waals surface area contributed by atoms with Gasteiger partial charge in [0.15, 0.2) is 5.83 Å². The zero-order valence-electron chi connectivity index (χ0n) is 12.1. The highest BCUT2D eigenvalue weighted by Gasteiger charge is 2.26. The van der Waals surface area contributed by atoms with Crippen molar-refractivity contribution in [3.63, 3.8) is 0 Å². The minimum absolute atomic E-state index is 0.0255. The lowest BCUT2D eigenvalue weighted by atomic mass is 9.85. The molecule has 0 bridgehead atoms. The highest BCUT2D eigenvalue weighted by molar-refractivity contribution is 6.31. The molecule has 0 aromatic carbocycles. The molecule has 0 fully saturated rings. The summed E-state index contributed by atoms with van der Waals surface area (Å²) in [5.74, 6) is -0.461. The summed E-state index contributed by atoms with van der Waals surface area (Å²) < 4.78 is 14.4. The maximum absolute atomic E-state index is 14.4. The van der Waals surface area contributed by atoms with E-state index < -0.39 is 11.2 Å². The first-order valence-electron chi connectivity index (χ1n) is 6.06. The Kier molecular flexibility index (Phi) is 6.47. The van der Waals surface area contributed by atoms with E-state index in [0.29, 0.717) is 10.6 Å². The molecule has 0 aliphatic heterocycles. The Balaban J connectivity index is 5.70. The molecule has 0 aliphatic rings. The second-order valence-corrected chi connectivity index (χ2v) is 5.91. The lowest BCUT2D eigenvalue weighted by molar-refractivity contribution is 0.462. The van der Waals surface area contributed by atoms with Gasteiger partial charge in [-0.15, -0.1) is 0 Å². The van der Waals surface area contributed by atoms with Gasteiger partial charge in [-0.2, -0.15) is 0 Å². The average molecular weight is 275 g/mol. The Hall–Kier alpha value is -0.960. The predicted octanol–water partition coefficient (Wildman–Crippen LogP) is 4.20. The van der Waals surface area contributed by atoms with Crippen LogP contribution in [0.25, 0.3) is 0 Å². The summed E-state index contributed by atoms with van der Waals surface area (Å²) >= 11 is 6.14. The molecule has 0 aromatic heterocycles. The van der Waals surface area contributed by atoms with Crippen LogP contribution in [0.2, 0.25) is 0 Å². The van der Waals surface area contributed by atoms with Gasteiger partial charge in [-0.3, -0.25) is 0 Å². The van der Waals surface area contributed by atoms with Crippen molar-refractivity contribution in [1.29, 1.82) is 0 Å². The second-order valence-electron chi connectivity index (χ2n) is 5.50. The van der Waals surface area contributed by atoms with Gasteiger partial charge in [0.2, 0.25) is 0 Å². The fraction of sp³-hybridized carbons (Fsp3) is 0.571. The molecule has 0 aromatic rings. The predicted molar refractivity (Wildman–Crippen MR) is 77.7 cm³/mol. The summed E-state index contributed by atoms with van der Waals surface area (Å²) in [4.78, 5) is 0. The third-order valence-electron chi connectivity index (χ3n) is 2.20. The molecule has 104 valence electrons. The molecule has 0 spiro atoms. The molecule has 2 nitrogen and oxygen atoms in total. The maximum Gasteiger partial charge on any atom is 0.168 e. The van der Waals surface area contributed by atoms with Crippen molar-refractivity contribution in [1.82, 2.24) is 5.32 Å². The quantitative estimate of drug-likeness (QED) is 0.754. The standard InChI is InChI=1S/C14H24ClFN2/c1-7-8-10(15)11(14(4,5)6)12(16)13(17)18-9(2)3/h7-9,18H,17H2,1-6H3/b8-7-,11-10-,13-12-. The lowest BCUT2D eigenvalue weighted by Gasteiger charge is -2.24. The summed E-state index contributed by atoms with van der Waals surface area (Å²) in [6.45, 7) is 11.3. The normalized spacial score (nSPS) is 15.8. The molecular weight excluding hydrogens is 251 g/mol. The molecule has 0 radical (unpaired) electrons. The largest absolute Gasteiger partial charge is 0.383 e. The summed E-state index contributed by atoms with van der Waals surface area (Å²) in [5, 5.41) is 3.23. The number of nitrogens with two attached hydrogens (primary N) is 1. The van der Waals surface area contributed by atoms with E-state index in [1.54, 1.807) is 12.2 Å². The van der Waals surface area contributed by atoms with Crippen molar-refractivity contribution in [2.75, 3.05) is 0 Å². The first-order valence-corrected chi connectivity index (χ1v) is 6.44. The molecule has 0 saturated carbocycles. The van der Waals surface area contributed by atoms with Gasteiger partial charge in [0, 0.05) is 16.6 Å². The molecule has 4 heteroatoms. The SMILES string of the molecule is C\C=C/C(Cl)=C(\C(F)=C(/N)NC(C)C)C(C)(C)C. The van der Waals surface area contributed by atoms with E-state index in [1.165, 1.54) is 0 Å². The molecule has 18 heavy (non-hydrogen) atoms. The number of rotatable bonds is 4. The van der Waals surface area contributed by atoms with Crippen LogP contribution in [0, 0.1) is 5.41 Å². The van der Waals surface area contributed by atoms with E-state index in [1.807, 2.05) is 41.5 Å². The van der Waals surface area contributed by atoms with Crippen LogP contribution in [0.1, 0.15) is 41.5 Å². The smallest absolute Gasteiger partial charge is 0.168 e. The van der Waals surface area contributed by atoms with Crippen LogP contribution < -0.4 is 11.1 Å². The van der Waals surface area contributed by atoms with Crippen LogP contribution in [0.15, 0.2) is 34.4 Å². The van der Waals surface area contributed by atoms with Crippen LogP contribution in [0.5, 0.6) is 0 Å². The minimum atomic E-state index is -0.487. The highest BCUT2D eigenvalue weighted by atomic mass is 35.5. The Labute approximate surface area is 115 Å². The minimum Gasteiger partial charge on any atom is -0.383 e. The summed E-state index contributed by atoms with van der Waals surface area (Å²) in [5.41, 5.74) is 5.71. The summed E-state index contributed by atoms with van der Waals surface area (Å²) in [7, 11) is 0. The first-order chi connectivity index (χ1) is 8.11. The molecule has 0 rings (SSSR count). The average Bonchev–Trinajstić information content (AvgIpc) is 2.14. The molecule has 3 N–H and O–H groups in total. The molecule has 0 aliphatic carbocycles. The summed E-state index contributed by atoms with van der Waals surface area (Å²) in [6.07, 6.45) is 3.44. The Bertz CT molecular complexity index is 374. The van der Waals surface area contributed by atoms with Gasteiger partial charge >= 0.3 is 0 Å². The zero-order valence-corrected chi connectivity index (χ0v) is 12.8. The number of hydrogen-bond acceptors (Lipinski definition) is 2. The number of halogens is 2. The van der Waals surface area contributed by atoms with Gasteiger partial charge in [0.25, 0.3) is 0 Å². The number of nitrogens with one attached hydrogen (secondary N) is 1. The number of hydrogen-bond donors (Lipinski definition) is 2. The van der Waals surface area contributed by atoms with E-state index in [4.69, 9.17) is 17.3 Å². The Morgan fingerprint density at radius 3 is 2.17 bits per heavy atom. The van der Waals surface area contributed by atoms with Crippen molar-refractivity contribution in [2.24, 2.45) is 11.1 Å². The van der Waals surface area contributed by atoms with Gasteiger partial charge in [-0.1, -0.05) is 38.4 Å². The van der Waals surface area contributed by atoms with Crippen molar-refractivity contribution in [3.05, 3.63) is 34.4 Å². The molecule has 0 unspecified atom stereocenters. The van der Waals surface area contributed by atoms with E-state index in [9.17, 15) is 4.39 Å². The second kappa shape index (κ2) is 6.83. The van der Waals surface area contributed by atoms with Gasteiger partial charge in [0.05, 0.1) is 0 Å². The maximum atomic E-state index is 14.4. The van der Waals surface area contributed by atoms with Crippen molar-refractivity contribution in [2.45, 2.75) is 47.6 Å². The van der Waals surface area contributed by atoms with Crippen molar-refractivity contribution >= 4 is 11.6 Å². The molecule has 0 heterocycles. The monoisotopic (exact) mass is 274 g/mol. The van der Waals surface area contributed by atoms with Crippen LogP contribution in [-0.2, 0) is 0 Å². The van der Waals surface area contributed by atoms with Gasteiger partial charge in [-0.05, 0) is 32.3 Å². The third kappa shape index (κ3) is 5.13. The van der Waals surface area contributed by atoms with Gasteiger partial charge in [0.1, 0.15) is 5.82 Å². The first kappa shape index (κ1) is 17.0. The lowest BCUT2D eigenvalue weighted by Crippen LogP contribution is -2.29. The third-order valence-corrected chi connectivity index (χ3v) is 2.52.